The first-order valence-corrected chi connectivity index (χ1v) is 8.26. The van der Waals surface area contributed by atoms with Crippen molar-refractivity contribution in [2.24, 2.45) is 5.92 Å². The van der Waals surface area contributed by atoms with E-state index < -0.39 is 0 Å². The van der Waals surface area contributed by atoms with Gasteiger partial charge in [0.25, 0.3) is 0 Å². The van der Waals surface area contributed by atoms with Crippen LogP contribution in [0.3, 0.4) is 0 Å². The van der Waals surface area contributed by atoms with Crippen LogP contribution in [0.2, 0.25) is 0 Å². The van der Waals surface area contributed by atoms with E-state index in [0.29, 0.717) is 5.92 Å². The van der Waals surface area contributed by atoms with Crippen LogP contribution in [0.4, 0.5) is 5.69 Å². The first kappa shape index (κ1) is 15.5. The number of nitrogen functional groups attached to an aromatic ring is 1. The van der Waals surface area contributed by atoms with Crippen LogP contribution >= 0.6 is 0 Å². The molecule has 4 nitrogen and oxygen atoms in total. The number of aromatic nitrogens is 1. The number of likely N-dealkylation sites (tertiary alicyclic amines) is 1. The Morgan fingerprint density at radius 3 is 2.91 bits per heavy atom. The van der Waals surface area contributed by atoms with E-state index in [1.807, 2.05) is 25.1 Å². The molecule has 4 heteroatoms. The minimum Gasteiger partial charge on any atom is -0.398 e. The highest BCUT2D eigenvalue weighted by Gasteiger charge is 2.23. The molecule has 2 heterocycles. The highest BCUT2D eigenvalue weighted by atomic mass is 15.1. The summed E-state index contributed by atoms with van der Waals surface area (Å²) in [7, 11) is 0. The Labute approximate surface area is 137 Å². The molecule has 1 fully saturated rings. The van der Waals surface area contributed by atoms with Crippen LogP contribution in [0.25, 0.3) is 10.9 Å². The van der Waals surface area contributed by atoms with Crippen LogP contribution in [0.15, 0.2) is 30.5 Å². The van der Waals surface area contributed by atoms with Gasteiger partial charge in [-0.2, -0.15) is 5.26 Å². The van der Waals surface area contributed by atoms with E-state index in [1.165, 1.54) is 5.70 Å². The Bertz CT molecular complexity index is 794. The van der Waals surface area contributed by atoms with Gasteiger partial charge in [-0.05, 0) is 56.4 Å². The number of rotatable bonds is 3. The summed E-state index contributed by atoms with van der Waals surface area (Å²) >= 11 is 0. The highest BCUT2D eigenvalue weighted by molar-refractivity contribution is 5.89. The van der Waals surface area contributed by atoms with Crippen LogP contribution in [-0.4, -0.2) is 22.6 Å². The average molecular weight is 308 g/mol. The molecule has 0 amide bonds. The fraction of sp³-hybridized carbons (Fsp3) is 0.421. The number of nitriles is 1. The minimum absolute atomic E-state index is 0.543. The number of hydrogen-bond donors (Lipinski definition) is 1. The van der Waals surface area contributed by atoms with Gasteiger partial charge in [-0.25, -0.2) is 0 Å². The van der Waals surface area contributed by atoms with E-state index in [-0.39, 0.29) is 0 Å². The Kier molecular flexibility index (Phi) is 4.04. The monoisotopic (exact) mass is 308 g/mol. The number of allylic oxidation sites excluding steroid dienone is 1. The molecule has 120 valence electrons. The number of benzene rings is 1. The van der Waals surface area contributed by atoms with Crippen molar-refractivity contribution in [3.05, 3.63) is 41.7 Å². The van der Waals surface area contributed by atoms with Gasteiger partial charge in [0.1, 0.15) is 11.8 Å². The lowest BCUT2D eigenvalue weighted by atomic mass is 9.96. The summed E-state index contributed by atoms with van der Waals surface area (Å²) in [5.41, 5.74) is 10.9. The number of nitrogens with zero attached hydrogens (tertiary/aromatic N) is 3. The first-order chi connectivity index (χ1) is 11.0. The molecular weight excluding hydrogens is 284 g/mol. The Morgan fingerprint density at radius 1 is 1.43 bits per heavy atom. The van der Waals surface area contributed by atoms with Crippen molar-refractivity contribution in [2.45, 2.75) is 33.2 Å². The third kappa shape index (κ3) is 2.68. The summed E-state index contributed by atoms with van der Waals surface area (Å²) in [6.45, 7) is 11.2. The molecular formula is C19H24N4. The summed E-state index contributed by atoms with van der Waals surface area (Å²) < 4.78 is 2.16. The van der Waals surface area contributed by atoms with E-state index in [2.05, 4.69) is 29.0 Å². The molecule has 0 bridgehead atoms. The van der Waals surface area contributed by atoms with Crippen molar-refractivity contribution < 1.29 is 0 Å². The van der Waals surface area contributed by atoms with Crippen molar-refractivity contribution in [2.75, 3.05) is 18.8 Å². The van der Waals surface area contributed by atoms with Gasteiger partial charge in [-0.15, -0.1) is 0 Å². The Hall–Kier alpha value is -2.41. The van der Waals surface area contributed by atoms with E-state index in [4.69, 9.17) is 5.73 Å². The summed E-state index contributed by atoms with van der Waals surface area (Å²) in [5.74, 6) is 0.543. The molecule has 23 heavy (non-hydrogen) atoms. The molecule has 1 aromatic carbocycles. The maximum absolute atomic E-state index is 9.52. The molecule has 2 N–H and O–H groups in total. The molecule has 0 spiro atoms. The lowest BCUT2D eigenvalue weighted by Gasteiger charge is -2.35. The second kappa shape index (κ2) is 6.00. The number of hydrogen-bond acceptors (Lipinski definition) is 3. The molecule has 1 atom stereocenters. The SMILES string of the molecule is C=C1CCC(Cn2c(C#N)cc3c(C)c(N)ccc32)CN1CC. The van der Waals surface area contributed by atoms with Gasteiger partial charge in [0.2, 0.25) is 0 Å². The number of fused-ring (bicyclic) bond motifs is 1. The summed E-state index contributed by atoms with van der Waals surface area (Å²) in [4.78, 5) is 2.36. The summed E-state index contributed by atoms with van der Waals surface area (Å²) in [5, 5.41) is 10.6. The van der Waals surface area contributed by atoms with Crippen molar-refractivity contribution in [3.63, 3.8) is 0 Å². The van der Waals surface area contributed by atoms with Gasteiger partial charge in [-0.3, -0.25) is 0 Å². The van der Waals surface area contributed by atoms with Crippen molar-refractivity contribution in [1.82, 2.24) is 9.47 Å². The van der Waals surface area contributed by atoms with E-state index in [9.17, 15) is 5.26 Å². The molecule has 1 aromatic heterocycles. The fourth-order valence-corrected chi connectivity index (χ4v) is 3.60. The lowest BCUT2D eigenvalue weighted by Crippen LogP contribution is -2.35. The number of nitrogens with two attached hydrogens (primary N) is 1. The molecule has 1 aliphatic heterocycles. The van der Waals surface area contributed by atoms with Crippen molar-refractivity contribution in [3.8, 4) is 6.07 Å². The maximum atomic E-state index is 9.52. The standard InChI is InChI=1S/C19H24N4/c1-4-22-11-15(6-5-13(22)2)12-23-16(10-20)9-17-14(3)18(21)7-8-19(17)23/h7-9,15H,2,4-6,11-12,21H2,1,3H3. The van der Waals surface area contributed by atoms with Gasteiger partial charge in [-0.1, -0.05) is 6.58 Å². The molecule has 2 aromatic rings. The molecule has 1 unspecified atom stereocenters. The van der Waals surface area contributed by atoms with Crippen LogP contribution in [0, 0.1) is 24.2 Å². The van der Waals surface area contributed by atoms with E-state index in [1.54, 1.807) is 0 Å². The predicted molar refractivity (Wildman–Crippen MR) is 94.9 cm³/mol. The van der Waals surface area contributed by atoms with Crippen LogP contribution in [0.5, 0.6) is 0 Å². The zero-order valence-electron chi connectivity index (χ0n) is 14.0. The molecule has 1 saturated heterocycles. The minimum atomic E-state index is 0.543. The van der Waals surface area contributed by atoms with Gasteiger partial charge in [0.05, 0.1) is 0 Å². The smallest absolute Gasteiger partial charge is 0.121 e. The second-order valence-electron chi connectivity index (χ2n) is 6.47. The van der Waals surface area contributed by atoms with Crippen molar-refractivity contribution >= 4 is 16.6 Å². The quantitative estimate of drug-likeness (QED) is 0.881. The fourth-order valence-electron chi connectivity index (χ4n) is 3.60. The van der Waals surface area contributed by atoms with Gasteiger partial charge >= 0.3 is 0 Å². The van der Waals surface area contributed by atoms with Gasteiger partial charge in [0.15, 0.2) is 0 Å². The van der Waals surface area contributed by atoms with Gasteiger partial charge in [0, 0.05) is 41.9 Å². The molecule has 0 radical (unpaired) electrons. The normalized spacial score (nSPS) is 18.4. The number of anilines is 1. The Balaban J connectivity index is 1.95. The summed E-state index contributed by atoms with van der Waals surface area (Å²) in [6, 6.07) is 8.30. The van der Waals surface area contributed by atoms with Gasteiger partial charge < -0.3 is 15.2 Å². The zero-order chi connectivity index (χ0) is 16.6. The first-order valence-electron chi connectivity index (χ1n) is 8.26. The van der Waals surface area contributed by atoms with E-state index >= 15 is 0 Å². The summed E-state index contributed by atoms with van der Waals surface area (Å²) in [6.07, 6.45) is 2.18. The van der Waals surface area contributed by atoms with Crippen LogP contribution < -0.4 is 5.73 Å². The molecule has 0 saturated carbocycles. The van der Waals surface area contributed by atoms with Crippen LogP contribution in [0.1, 0.15) is 31.0 Å². The zero-order valence-corrected chi connectivity index (χ0v) is 14.0. The maximum Gasteiger partial charge on any atom is 0.121 e. The third-order valence-electron chi connectivity index (χ3n) is 5.10. The largest absolute Gasteiger partial charge is 0.398 e. The van der Waals surface area contributed by atoms with E-state index in [0.717, 1.165) is 60.3 Å². The number of piperidine rings is 1. The molecule has 3 rings (SSSR count). The van der Waals surface area contributed by atoms with Crippen molar-refractivity contribution in [1.29, 1.82) is 5.26 Å². The second-order valence-corrected chi connectivity index (χ2v) is 6.47. The van der Waals surface area contributed by atoms with Crippen LogP contribution in [-0.2, 0) is 6.54 Å². The average Bonchev–Trinajstić information content (AvgIpc) is 2.91. The molecule has 1 aliphatic rings. The predicted octanol–water partition coefficient (Wildman–Crippen LogP) is 3.65. The lowest BCUT2D eigenvalue weighted by molar-refractivity contribution is 0.219. The number of aryl methyl sites for hydroxylation is 1. The molecule has 0 aliphatic carbocycles. The highest BCUT2D eigenvalue weighted by Crippen LogP contribution is 2.30. The Morgan fingerprint density at radius 2 is 2.22 bits per heavy atom. The topological polar surface area (TPSA) is 58.0 Å². The third-order valence-corrected chi connectivity index (χ3v) is 5.10.